The number of nitriles is 1. The summed E-state index contributed by atoms with van der Waals surface area (Å²) < 4.78 is 28.1. The first-order chi connectivity index (χ1) is 14.3. The number of hydrogen-bond acceptors (Lipinski definition) is 4. The Bertz CT molecular complexity index is 1010. The van der Waals surface area contributed by atoms with Crippen molar-refractivity contribution in [1.82, 2.24) is 4.90 Å². The van der Waals surface area contributed by atoms with Gasteiger partial charge < -0.3 is 4.90 Å². The fourth-order valence-electron chi connectivity index (χ4n) is 3.05. The molecule has 0 radical (unpaired) electrons. The van der Waals surface area contributed by atoms with E-state index in [-0.39, 0.29) is 33.5 Å². The highest BCUT2D eigenvalue weighted by Gasteiger charge is 2.22. The molecule has 160 valence electrons. The van der Waals surface area contributed by atoms with Gasteiger partial charge in [-0.05, 0) is 36.2 Å². The Kier molecular flexibility index (Phi) is 8.70. The molecular weight excluding hydrogens is 422 g/mol. The van der Waals surface area contributed by atoms with Gasteiger partial charge in [0.15, 0.2) is 0 Å². The third-order valence-electron chi connectivity index (χ3n) is 4.92. The molecule has 0 aliphatic rings. The van der Waals surface area contributed by atoms with E-state index in [0.717, 1.165) is 12.8 Å². The molecule has 0 fully saturated rings. The van der Waals surface area contributed by atoms with Crippen molar-refractivity contribution in [2.75, 3.05) is 17.8 Å². The molecular formula is C22H26ClN3O3S. The van der Waals surface area contributed by atoms with Crippen LogP contribution >= 0.6 is 11.6 Å². The quantitative estimate of drug-likeness (QED) is 0.558. The monoisotopic (exact) mass is 447 g/mol. The van der Waals surface area contributed by atoms with E-state index in [0.29, 0.717) is 19.0 Å². The van der Waals surface area contributed by atoms with Crippen molar-refractivity contribution in [3.63, 3.8) is 0 Å². The Hall–Kier alpha value is -2.56. The number of para-hydroxylation sites is 1. The topological polar surface area (TPSA) is 90.3 Å². The number of anilines is 1. The van der Waals surface area contributed by atoms with Crippen LogP contribution in [0.1, 0.15) is 43.5 Å². The SMILES string of the molecule is CCC(CC)CN(CCC#N)C(=O)c1cccc(S(=O)(=O)Nc2ccccc2Cl)c1. The highest BCUT2D eigenvalue weighted by molar-refractivity contribution is 7.92. The van der Waals surface area contributed by atoms with Crippen LogP contribution in [0, 0.1) is 17.2 Å². The minimum absolute atomic E-state index is 0.0314. The molecule has 0 heterocycles. The summed E-state index contributed by atoms with van der Waals surface area (Å²) >= 11 is 6.05. The molecule has 0 aromatic heterocycles. The average Bonchev–Trinajstić information content (AvgIpc) is 2.75. The molecule has 1 N–H and O–H groups in total. The summed E-state index contributed by atoms with van der Waals surface area (Å²) in [5, 5.41) is 9.22. The summed E-state index contributed by atoms with van der Waals surface area (Å²) in [5.74, 6) is 0.0355. The van der Waals surface area contributed by atoms with Gasteiger partial charge in [-0.1, -0.05) is 56.5 Å². The lowest BCUT2D eigenvalue weighted by atomic mass is 10.0. The van der Waals surface area contributed by atoms with E-state index in [2.05, 4.69) is 24.6 Å². The Morgan fingerprint density at radius 1 is 1.17 bits per heavy atom. The van der Waals surface area contributed by atoms with Crippen LogP contribution in [0.15, 0.2) is 53.4 Å². The lowest BCUT2D eigenvalue weighted by molar-refractivity contribution is 0.0728. The average molecular weight is 448 g/mol. The molecule has 0 atom stereocenters. The van der Waals surface area contributed by atoms with Crippen molar-refractivity contribution in [1.29, 1.82) is 5.26 Å². The Morgan fingerprint density at radius 2 is 1.87 bits per heavy atom. The number of hydrogen-bond donors (Lipinski definition) is 1. The summed E-state index contributed by atoms with van der Waals surface area (Å²) in [7, 11) is -3.92. The zero-order valence-electron chi connectivity index (χ0n) is 17.1. The Morgan fingerprint density at radius 3 is 2.50 bits per heavy atom. The Labute approximate surface area is 183 Å². The van der Waals surface area contributed by atoms with Crippen LogP contribution in [0.5, 0.6) is 0 Å². The second-order valence-corrected chi connectivity index (χ2v) is 9.04. The second kappa shape index (κ2) is 11.0. The van der Waals surface area contributed by atoms with Crippen LogP contribution in [0.25, 0.3) is 0 Å². The van der Waals surface area contributed by atoms with Crippen molar-refractivity contribution in [3.05, 3.63) is 59.1 Å². The molecule has 1 amide bonds. The third-order valence-corrected chi connectivity index (χ3v) is 6.62. The lowest BCUT2D eigenvalue weighted by Crippen LogP contribution is -2.36. The van der Waals surface area contributed by atoms with E-state index in [1.54, 1.807) is 35.2 Å². The van der Waals surface area contributed by atoms with E-state index >= 15 is 0 Å². The number of benzene rings is 2. The summed E-state index contributed by atoms with van der Waals surface area (Å²) in [6, 6.07) is 14.5. The molecule has 0 unspecified atom stereocenters. The van der Waals surface area contributed by atoms with Gasteiger partial charge in [0.05, 0.1) is 28.1 Å². The fourth-order valence-corrected chi connectivity index (χ4v) is 4.41. The number of carbonyl (C=O) groups is 1. The number of nitrogens with one attached hydrogen (secondary N) is 1. The standard InChI is InChI=1S/C22H26ClN3O3S/c1-3-17(4-2)16-26(14-8-13-24)22(27)18-9-7-10-19(15-18)30(28,29)25-21-12-6-5-11-20(21)23/h5-7,9-12,15,17,25H,3-4,8,14,16H2,1-2H3. The maximum Gasteiger partial charge on any atom is 0.261 e. The van der Waals surface area contributed by atoms with Crippen molar-refractivity contribution in [2.45, 2.75) is 38.0 Å². The third kappa shape index (κ3) is 6.22. The largest absolute Gasteiger partial charge is 0.337 e. The molecule has 2 aromatic rings. The van der Waals surface area contributed by atoms with Gasteiger partial charge in [-0.3, -0.25) is 9.52 Å². The van der Waals surface area contributed by atoms with Crippen LogP contribution in [-0.2, 0) is 10.0 Å². The number of carbonyl (C=O) groups excluding carboxylic acids is 1. The molecule has 0 spiro atoms. The summed E-state index contributed by atoms with van der Waals surface area (Å²) in [6.07, 6.45) is 2.06. The molecule has 30 heavy (non-hydrogen) atoms. The number of amides is 1. The van der Waals surface area contributed by atoms with E-state index in [4.69, 9.17) is 16.9 Å². The first-order valence-corrected chi connectivity index (χ1v) is 11.7. The zero-order valence-corrected chi connectivity index (χ0v) is 18.7. The molecule has 0 saturated carbocycles. The summed E-state index contributed by atoms with van der Waals surface area (Å²) in [6.45, 7) is 4.96. The zero-order chi connectivity index (χ0) is 22.1. The summed E-state index contributed by atoms with van der Waals surface area (Å²) in [5.41, 5.74) is 0.529. The lowest BCUT2D eigenvalue weighted by Gasteiger charge is -2.26. The van der Waals surface area contributed by atoms with Crippen molar-refractivity contribution >= 4 is 33.2 Å². The molecule has 2 rings (SSSR count). The number of nitrogens with zero attached hydrogens (tertiary/aromatic N) is 2. The fraction of sp³-hybridized carbons (Fsp3) is 0.364. The van der Waals surface area contributed by atoms with Gasteiger partial charge in [0, 0.05) is 18.7 Å². The van der Waals surface area contributed by atoms with E-state index < -0.39 is 10.0 Å². The molecule has 0 aliphatic carbocycles. The van der Waals surface area contributed by atoms with Crippen molar-refractivity contribution < 1.29 is 13.2 Å². The van der Waals surface area contributed by atoms with Gasteiger partial charge in [0.1, 0.15) is 0 Å². The molecule has 8 heteroatoms. The Balaban J connectivity index is 2.30. The maximum absolute atomic E-state index is 13.1. The molecule has 0 saturated heterocycles. The molecule has 2 aromatic carbocycles. The second-order valence-electron chi connectivity index (χ2n) is 6.95. The van der Waals surface area contributed by atoms with Gasteiger partial charge in [0.25, 0.3) is 15.9 Å². The van der Waals surface area contributed by atoms with Crippen molar-refractivity contribution in [2.24, 2.45) is 5.92 Å². The highest BCUT2D eigenvalue weighted by Crippen LogP contribution is 2.24. The predicted octanol–water partition coefficient (Wildman–Crippen LogP) is 4.93. The minimum Gasteiger partial charge on any atom is -0.337 e. The number of halogens is 1. The van der Waals surface area contributed by atoms with E-state index in [1.165, 1.54) is 18.2 Å². The van der Waals surface area contributed by atoms with Gasteiger partial charge in [-0.25, -0.2) is 8.42 Å². The minimum atomic E-state index is -3.92. The summed E-state index contributed by atoms with van der Waals surface area (Å²) in [4.78, 5) is 14.7. The number of rotatable bonds is 10. The van der Waals surface area contributed by atoms with E-state index in [9.17, 15) is 13.2 Å². The van der Waals surface area contributed by atoms with Crippen LogP contribution < -0.4 is 4.72 Å². The predicted molar refractivity (Wildman–Crippen MR) is 119 cm³/mol. The van der Waals surface area contributed by atoms with Gasteiger partial charge in [-0.15, -0.1) is 0 Å². The van der Waals surface area contributed by atoms with Crippen LogP contribution in [0.2, 0.25) is 5.02 Å². The van der Waals surface area contributed by atoms with Crippen molar-refractivity contribution in [3.8, 4) is 6.07 Å². The van der Waals surface area contributed by atoms with Gasteiger partial charge in [-0.2, -0.15) is 5.26 Å². The smallest absolute Gasteiger partial charge is 0.261 e. The number of sulfonamides is 1. The maximum atomic E-state index is 13.1. The van der Waals surface area contributed by atoms with Crippen LogP contribution in [-0.4, -0.2) is 32.3 Å². The first-order valence-electron chi connectivity index (χ1n) is 9.86. The highest BCUT2D eigenvalue weighted by atomic mass is 35.5. The molecule has 0 bridgehead atoms. The van der Waals surface area contributed by atoms with Gasteiger partial charge >= 0.3 is 0 Å². The first kappa shape index (κ1) is 23.7. The normalized spacial score (nSPS) is 11.2. The van der Waals surface area contributed by atoms with E-state index in [1.807, 2.05) is 0 Å². The molecule has 6 nitrogen and oxygen atoms in total. The molecule has 0 aliphatic heterocycles. The van der Waals surface area contributed by atoms with Crippen LogP contribution in [0.4, 0.5) is 5.69 Å². The van der Waals surface area contributed by atoms with Gasteiger partial charge in [0.2, 0.25) is 0 Å². The van der Waals surface area contributed by atoms with Crippen LogP contribution in [0.3, 0.4) is 0 Å².